The van der Waals surface area contributed by atoms with E-state index in [1.807, 2.05) is 44.2 Å². The predicted molar refractivity (Wildman–Crippen MR) is 159 cm³/mol. The fourth-order valence-electron chi connectivity index (χ4n) is 4.46. The predicted octanol–water partition coefficient (Wildman–Crippen LogP) is 4.39. The third-order valence-electron chi connectivity index (χ3n) is 6.89. The summed E-state index contributed by atoms with van der Waals surface area (Å²) in [5.41, 5.74) is 1.72. The van der Waals surface area contributed by atoms with E-state index < -0.39 is 28.5 Å². The Labute approximate surface area is 246 Å². The molecule has 1 aliphatic rings. The lowest BCUT2D eigenvalue weighted by atomic mass is 10.0. The molecule has 1 heterocycles. The van der Waals surface area contributed by atoms with Gasteiger partial charge >= 0.3 is 0 Å². The van der Waals surface area contributed by atoms with Crippen LogP contribution >= 0.6 is 11.6 Å². The average molecular weight is 600 g/mol. The number of carbonyl (C=O) groups excluding carboxylic acids is 2. The highest BCUT2D eigenvalue weighted by Gasteiger charge is 2.34. The number of nitrogens with zero attached hydrogens (tertiary/aromatic N) is 2. The Morgan fingerprint density at radius 1 is 1.00 bits per heavy atom. The Bertz CT molecular complexity index is 1480. The van der Waals surface area contributed by atoms with E-state index in [-0.39, 0.29) is 37.4 Å². The number of rotatable bonds is 12. The second-order valence-electron chi connectivity index (χ2n) is 9.94. The summed E-state index contributed by atoms with van der Waals surface area (Å²) in [5, 5.41) is 3.43. The lowest BCUT2D eigenvalue weighted by Crippen LogP contribution is -2.54. The number of halogens is 1. The van der Waals surface area contributed by atoms with Crippen molar-refractivity contribution in [1.29, 1.82) is 0 Å². The Morgan fingerprint density at radius 3 is 2.37 bits per heavy atom. The van der Waals surface area contributed by atoms with E-state index in [1.54, 1.807) is 36.4 Å². The van der Waals surface area contributed by atoms with Gasteiger partial charge in [0.15, 0.2) is 11.5 Å². The van der Waals surface area contributed by atoms with Gasteiger partial charge in [0, 0.05) is 30.1 Å². The van der Waals surface area contributed by atoms with E-state index in [2.05, 4.69) is 5.32 Å². The molecule has 0 saturated carbocycles. The van der Waals surface area contributed by atoms with Crippen molar-refractivity contribution in [2.75, 3.05) is 23.9 Å². The number of amides is 2. The number of ether oxygens (including phenoxy) is 2. The van der Waals surface area contributed by atoms with E-state index in [0.29, 0.717) is 28.5 Å². The van der Waals surface area contributed by atoms with E-state index in [4.69, 9.17) is 21.1 Å². The molecule has 3 aromatic carbocycles. The minimum Gasteiger partial charge on any atom is -0.454 e. The summed E-state index contributed by atoms with van der Waals surface area (Å²) >= 11 is 6.48. The van der Waals surface area contributed by atoms with Crippen molar-refractivity contribution in [3.05, 3.63) is 88.9 Å². The first kappa shape index (κ1) is 30.2. The van der Waals surface area contributed by atoms with Crippen LogP contribution in [0, 0.1) is 0 Å². The Hall–Kier alpha value is -3.76. The van der Waals surface area contributed by atoms with E-state index >= 15 is 0 Å². The van der Waals surface area contributed by atoms with Crippen LogP contribution in [0.3, 0.4) is 0 Å². The second-order valence-corrected chi connectivity index (χ2v) is 12.3. The van der Waals surface area contributed by atoms with Crippen LogP contribution in [0.1, 0.15) is 31.4 Å². The average Bonchev–Trinajstić information content (AvgIpc) is 3.42. The van der Waals surface area contributed by atoms with E-state index in [1.165, 1.54) is 11.0 Å². The summed E-state index contributed by atoms with van der Waals surface area (Å²) in [6.45, 7) is 3.34. The van der Waals surface area contributed by atoms with Crippen LogP contribution in [-0.2, 0) is 32.6 Å². The smallest absolute Gasteiger partial charge is 0.244 e. The number of benzene rings is 3. The zero-order valence-electron chi connectivity index (χ0n) is 23.2. The quantitative estimate of drug-likeness (QED) is 0.331. The Balaban J connectivity index is 1.74. The number of carbonyl (C=O) groups is 2. The number of hydrogen-bond acceptors (Lipinski definition) is 6. The first-order chi connectivity index (χ1) is 19.6. The first-order valence-electron chi connectivity index (χ1n) is 13.3. The molecule has 11 heteroatoms. The summed E-state index contributed by atoms with van der Waals surface area (Å²) in [6, 6.07) is 20.0. The maximum Gasteiger partial charge on any atom is 0.244 e. The third-order valence-corrected chi connectivity index (χ3v) is 8.40. The van der Waals surface area contributed by atoms with Crippen LogP contribution in [-0.4, -0.2) is 56.8 Å². The molecule has 218 valence electrons. The van der Waals surface area contributed by atoms with Gasteiger partial charge in [-0.25, -0.2) is 8.42 Å². The molecule has 0 radical (unpaired) electrons. The number of hydrogen-bond donors (Lipinski definition) is 1. The topological polar surface area (TPSA) is 105 Å². The van der Waals surface area contributed by atoms with Crippen molar-refractivity contribution >= 4 is 39.1 Å². The van der Waals surface area contributed by atoms with Gasteiger partial charge in [0.1, 0.15) is 12.6 Å². The van der Waals surface area contributed by atoms with Crippen molar-refractivity contribution in [3.63, 3.8) is 0 Å². The maximum atomic E-state index is 14.2. The molecule has 9 nitrogen and oxygen atoms in total. The van der Waals surface area contributed by atoms with Crippen molar-refractivity contribution in [2.45, 2.75) is 45.3 Å². The molecule has 2 amide bonds. The van der Waals surface area contributed by atoms with Crippen LogP contribution in [0.5, 0.6) is 11.5 Å². The van der Waals surface area contributed by atoms with E-state index in [9.17, 15) is 18.0 Å². The van der Waals surface area contributed by atoms with Crippen molar-refractivity contribution in [3.8, 4) is 11.5 Å². The first-order valence-corrected chi connectivity index (χ1v) is 15.5. The highest BCUT2D eigenvalue weighted by Crippen LogP contribution is 2.36. The number of nitrogens with one attached hydrogen (secondary N) is 1. The molecule has 2 atom stereocenters. The molecule has 4 rings (SSSR count). The summed E-state index contributed by atoms with van der Waals surface area (Å²) in [4.78, 5) is 29.3. The maximum absolute atomic E-state index is 14.2. The number of sulfonamides is 1. The standard InChI is InChI=1S/C30H34ClN3O6S/c1-4-21(2)32-30(36)26(16-22-10-6-5-7-11-22)33(18-23-12-8-9-13-25(23)31)29(35)19-34(41(3,37)38)24-14-15-27-28(17-24)40-20-39-27/h5-15,17,21,26H,4,16,18-20H2,1-3H3,(H,32,36)/t21-,26-/m0/s1. The normalized spacial score (nSPS) is 13.8. The van der Waals surface area contributed by atoms with Crippen molar-refractivity contribution in [2.24, 2.45) is 0 Å². The number of anilines is 1. The monoisotopic (exact) mass is 599 g/mol. The molecule has 0 unspecified atom stereocenters. The Morgan fingerprint density at radius 2 is 1.68 bits per heavy atom. The third kappa shape index (κ3) is 7.71. The molecule has 1 N–H and O–H groups in total. The van der Waals surface area contributed by atoms with Crippen LogP contribution in [0.15, 0.2) is 72.8 Å². The van der Waals surface area contributed by atoms with Crippen LogP contribution in [0.25, 0.3) is 0 Å². The Kier molecular flexibility index (Phi) is 9.77. The van der Waals surface area contributed by atoms with Crippen LogP contribution in [0.4, 0.5) is 5.69 Å². The van der Waals surface area contributed by atoms with E-state index in [0.717, 1.165) is 16.1 Å². The largest absolute Gasteiger partial charge is 0.454 e. The lowest BCUT2D eigenvalue weighted by Gasteiger charge is -2.34. The lowest BCUT2D eigenvalue weighted by molar-refractivity contribution is -0.140. The molecule has 41 heavy (non-hydrogen) atoms. The van der Waals surface area contributed by atoms with Gasteiger partial charge in [-0.15, -0.1) is 0 Å². The number of fused-ring (bicyclic) bond motifs is 1. The highest BCUT2D eigenvalue weighted by atomic mass is 35.5. The zero-order valence-corrected chi connectivity index (χ0v) is 24.8. The van der Waals surface area contributed by atoms with Gasteiger partial charge < -0.3 is 19.7 Å². The van der Waals surface area contributed by atoms with Gasteiger partial charge in [-0.05, 0) is 42.7 Å². The van der Waals surface area contributed by atoms with Gasteiger partial charge in [-0.3, -0.25) is 13.9 Å². The molecular weight excluding hydrogens is 566 g/mol. The summed E-state index contributed by atoms with van der Waals surface area (Å²) in [5.74, 6) is -0.0317. The SMILES string of the molecule is CC[C@H](C)NC(=O)[C@H](Cc1ccccc1)N(Cc1ccccc1Cl)C(=O)CN(c1ccc2c(c1)OCO2)S(C)(=O)=O. The molecule has 0 fully saturated rings. The van der Waals surface area contributed by atoms with Gasteiger partial charge in [0.05, 0.1) is 11.9 Å². The van der Waals surface area contributed by atoms with Crippen LogP contribution < -0.4 is 19.1 Å². The fourth-order valence-corrected chi connectivity index (χ4v) is 5.50. The fraction of sp³-hybridized carbons (Fsp3) is 0.333. The summed E-state index contributed by atoms with van der Waals surface area (Å²) in [7, 11) is -3.91. The van der Waals surface area contributed by atoms with Gasteiger partial charge in [-0.2, -0.15) is 0 Å². The molecule has 0 aliphatic carbocycles. The summed E-state index contributed by atoms with van der Waals surface area (Å²) in [6.07, 6.45) is 1.96. The molecule has 3 aromatic rings. The minimum absolute atomic E-state index is 0.00265. The molecule has 0 spiro atoms. The van der Waals surface area contributed by atoms with Crippen molar-refractivity contribution < 1.29 is 27.5 Å². The van der Waals surface area contributed by atoms with Crippen LogP contribution in [0.2, 0.25) is 5.02 Å². The zero-order chi connectivity index (χ0) is 29.6. The van der Waals surface area contributed by atoms with Gasteiger partial charge in [-0.1, -0.05) is 67.1 Å². The van der Waals surface area contributed by atoms with Gasteiger partial charge in [0.25, 0.3) is 0 Å². The minimum atomic E-state index is -3.91. The summed E-state index contributed by atoms with van der Waals surface area (Å²) < 4.78 is 37.7. The van der Waals surface area contributed by atoms with Gasteiger partial charge in [0.2, 0.25) is 28.6 Å². The molecular formula is C30H34ClN3O6S. The molecule has 0 aromatic heterocycles. The second kappa shape index (κ2) is 13.3. The molecule has 0 bridgehead atoms. The molecule has 1 aliphatic heterocycles. The molecule has 0 saturated heterocycles. The van der Waals surface area contributed by atoms with Crippen molar-refractivity contribution in [1.82, 2.24) is 10.2 Å². The highest BCUT2D eigenvalue weighted by molar-refractivity contribution is 7.92.